The summed E-state index contributed by atoms with van der Waals surface area (Å²) in [5.74, 6) is 0.374. The predicted molar refractivity (Wildman–Crippen MR) is 92.7 cm³/mol. The molecule has 2 aromatic heterocycles. The minimum absolute atomic E-state index is 0.250. The molecule has 0 spiro atoms. The Morgan fingerprint density at radius 1 is 1.30 bits per heavy atom. The number of furan rings is 1. The minimum Gasteiger partial charge on any atom is -0.465 e. The summed E-state index contributed by atoms with van der Waals surface area (Å²) in [6.07, 6.45) is 7.01. The summed E-state index contributed by atoms with van der Waals surface area (Å²) < 4.78 is 5.12. The molecule has 0 aliphatic heterocycles. The average molecular weight is 345 g/mol. The summed E-state index contributed by atoms with van der Waals surface area (Å²) in [4.78, 5) is 17.1. The number of aromatic nitrogens is 1. The number of rotatable bonds is 5. The fourth-order valence-corrected chi connectivity index (χ4v) is 3.01. The lowest BCUT2D eigenvalue weighted by molar-refractivity contribution is -0.111. The molecule has 0 atom stereocenters. The summed E-state index contributed by atoms with van der Waals surface area (Å²) in [7, 11) is 0. The first kappa shape index (κ1) is 15.5. The number of nitrogens with zero attached hydrogens (tertiary/aromatic N) is 1. The first-order chi connectivity index (χ1) is 11.2. The number of hydrogen-bond acceptors (Lipinski definition) is 4. The van der Waals surface area contributed by atoms with E-state index in [2.05, 4.69) is 10.3 Å². The molecule has 3 rings (SSSR count). The van der Waals surface area contributed by atoms with Crippen molar-refractivity contribution in [3.63, 3.8) is 0 Å². The third-order valence-electron chi connectivity index (χ3n) is 3.05. The van der Waals surface area contributed by atoms with E-state index in [9.17, 15) is 4.79 Å². The van der Waals surface area contributed by atoms with Gasteiger partial charge in [-0.15, -0.1) is 11.3 Å². The Morgan fingerprint density at radius 3 is 2.96 bits per heavy atom. The molecule has 0 saturated carbocycles. The topological polar surface area (TPSA) is 55.1 Å². The Morgan fingerprint density at radius 2 is 2.17 bits per heavy atom. The number of amides is 1. The Bertz CT molecular complexity index is 825. The van der Waals surface area contributed by atoms with E-state index in [0.717, 1.165) is 15.5 Å². The van der Waals surface area contributed by atoms with Crippen molar-refractivity contribution in [1.29, 1.82) is 0 Å². The second-order valence-corrected chi connectivity index (χ2v) is 6.26. The molecule has 0 aliphatic carbocycles. The molecule has 0 aliphatic rings. The van der Waals surface area contributed by atoms with Crippen LogP contribution >= 0.6 is 22.9 Å². The maximum atomic E-state index is 11.8. The van der Waals surface area contributed by atoms with Gasteiger partial charge in [-0.25, -0.2) is 4.98 Å². The van der Waals surface area contributed by atoms with Gasteiger partial charge in [0.2, 0.25) is 5.91 Å². The molecule has 1 amide bonds. The monoisotopic (exact) mass is 344 g/mol. The maximum Gasteiger partial charge on any atom is 0.250 e. The van der Waals surface area contributed by atoms with Crippen molar-refractivity contribution in [2.24, 2.45) is 0 Å². The van der Waals surface area contributed by atoms with Gasteiger partial charge in [0.1, 0.15) is 5.76 Å². The first-order valence-corrected chi connectivity index (χ1v) is 8.11. The highest BCUT2D eigenvalue weighted by Gasteiger charge is 2.07. The minimum atomic E-state index is -0.250. The van der Waals surface area contributed by atoms with Crippen LogP contribution in [0.4, 0.5) is 5.13 Å². The molecule has 3 aromatic rings. The van der Waals surface area contributed by atoms with E-state index >= 15 is 0 Å². The number of hydrogen-bond donors (Lipinski definition) is 1. The van der Waals surface area contributed by atoms with Crippen LogP contribution in [0.15, 0.2) is 59.4 Å². The van der Waals surface area contributed by atoms with Gasteiger partial charge in [0.05, 0.1) is 6.26 Å². The van der Waals surface area contributed by atoms with Gasteiger partial charge < -0.3 is 4.42 Å². The second-order valence-electron chi connectivity index (χ2n) is 4.74. The lowest BCUT2D eigenvalue weighted by atomic mass is 10.1. The van der Waals surface area contributed by atoms with Gasteiger partial charge in [-0.1, -0.05) is 29.8 Å². The molecule has 4 nitrogen and oxygen atoms in total. The normalized spacial score (nSPS) is 11.0. The number of halogens is 1. The lowest BCUT2D eigenvalue weighted by Gasteiger charge is -2.00. The van der Waals surface area contributed by atoms with Crippen LogP contribution in [0.25, 0.3) is 6.08 Å². The molecule has 0 bridgehead atoms. The standard InChI is InChI=1S/C17H13ClN2O2S/c18-15-6-2-1-4-12(15)10-14-11-19-17(23-14)20-16(21)8-7-13-5-3-9-22-13/h1-9,11H,10H2,(H,19,20,21). The number of nitrogens with one attached hydrogen (secondary N) is 1. The summed E-state index contributed by atoms with van der Waals surface area (Å²) in [5.41, 5.74) is 1.04. The molecule has 0 unspecified atom stereocenters. The van der Waals surface area contributed by atoms with Crippen molar-refractivity contribution in [2.45, 2.75) is 6.42 Å². The molecule has 0 saturated heterocycles. The van der Waals surface area contributed by atoms with Crippen molar-refractivity contribution in [1.82, 2.24) is 4.98 Å². The number of benzene rings is 1. The van der Waals surface area contributed by atoms with Crippen molar-refractivity contribution in [3.05, 3.63) is 76.2 Å². The van der Waals surface area contributed by atoms with E-state index < -0.39 is 0 Å². The molecule has 23 heavy (non-hydrogen) atoms. The van der Waals surface area contributed by atoms with Crippen molar-refractivity contribution < 1.29 is 9.21 Å². The van der Waals surface area contributed by atoms with Gasteiger partial charge in [-0.3, -0.25) is 10.1 Å². The van der Waals surface area contributed by atoms with Crippen LogP contribution in [0.2, 0.25) is 5.02 Å². The Hall–Kier alpha value is -2.37. The Labute approximate surface area is 142 Å². The van der Waals surface area contributed by atoms with Crippen LogP contribution in [-0.2, 0) is 11.2 Å². The SMILES string of the molecule is O=C(C=Cc1ccco1)Nc1ncc(Cc2ccccc2Cl)s1. The van der Waals surface area contributed by atoms with Crippen LogP contribution < -0.4 is 5.32 Å². The van der Waals surface area contributed by atoms with E-state index in [1.165, 1.54) is 17.4 Å². The molecule has 0 fully saturated rings. The molecule has 0 radical (unpaired) electrons. The molecule has 116 valence electrons. The maximum absolute atomic E-state index is 11.8. The number of thiazole rings is 1. The lowest BCUT2D eigenvalue weighted by Crippen LogP contribution is -2.06. The number of carbonyl (C=O) groups is 1. The molecular weight excluding hydrogens is 332 g/mol. The predicted octanol–water partition coefficient (Wildman–Crippen LogP) is 4.63. The van der Waals surface area contributed by atoms with Crippen LogP contribution in [0.1, 0.15) is 16.2 Å². The van der Waals surface area contributed by atoms with E-state index in [1.807, 2.05) is 24.3 Å². The fourth-order valence-electron chi connectivity index (χ4n) is 1.97. The number of anilines is 1. The van der Waals surface area contributed by atoms with Crippen molar-refractivity contribution in [3.8, 4) is 0 Å². The first-order valence-electron chi connectivity index (χ1n) is 6.91. The summed E-state index contributed by atoms with van der Waals surface area (Å²) in [6.45, 7) is 0. The molecule has 1 aromatic carbocycles. The van der Waals surface area contributed by atoms with E-state index in [4.69, 9.17) is 16.0 Å². The van der Waals surface area contributed by atoms with Gasteiger partial charge in [0, 0.05) is 28.6 Å². The zero-order valence-electron chi connectivity index (χ0n) is 12.0. The van der Waals surface area contributed by atoms with Gasteiger partial charge in [0.25, 0.3) is 0 Å². The van der Waals surface area contributed by atoms with E-state index in [0.29, 0.717) is 17.3 Å². The molecule has 2 heterocycles. The van der Waals surface area contributed by atoms with Crippen LogP contribution in [0.5, 0.6) is 0 Å². The smallest absolute Gasteiger partial charge is 0.250 e. The van der Waals surface area contributed by atoms with E-state index in [-0.39, 0.29) is 5.91 Å². The van der Waals surface area contributed by atoms with Crippen LogP contribution in [-0.4, -0.2) is 10.9 Å². The highest BCUT2D eigenvalue weighted by molar-refractivity contribution is 7.15. The highest BCUT2D eigenvalue weighted by Crippen LogP contribution is 2.24. The quantitative estimate of drug-likeness (QED) is 0.686. The Kier molecular flexibility index (Phi) is 4.90. The molecular formula is C17H13ClN2O2S. The second kappa shape index (κ2) is 7.26. The average Bonchev–Trinajstić information content (AvgIpc) is 3.19. The van der Waals surface area contributed by atoms with Crippen molar-refractivity contribution in [2.75, 3.05) is 5.32 Å². The summed E-state index contributed by atoms with van der Waals surface area (Å²) >= 11 is 7.58. The largest absolute Gasteiger partial charge is 0.465 e. The van der Waals surface area contributed by atoms with Crippen molar-refractivity contribution >= 4 is 40.1 Å². The number of carbonyl (C=O) groups excluding carboxylic acids is 1. The van der Waals surface area contributed by atoms with Gasteiger partial charge >= 0.3 is 0 Å². The van der Waals surface area contributed by atoms with Gasteiger partial charge in [0.15, 0.2) is 5.13 Å². The van der Waals surface area contributed by atoms with Crippen LogP contribution in [0.3, 0.4) is 0 Å². The van der Waals surface area contributed by atoms with Crippen LogP contribution in [0, 0.1) is 0 Å². The third-order valence-corrected chi connectivity index (χ3v) is 4.33. The highest BCUT2D eigenvalue weighted by atomic mass is 35.5. The Balaban J connectivity index is 1.61. The third kappa shape index (κ3) is 4.31. The molecule has 6 heteroatoms. The molecule has 1 N–H and O–H groups in total. The van der Waals surface area contributed by atoms with E-state index in [1.54, 1.807) is 30.7 Å². The van der Waals surface area contributed by atoms with Gasteiger partial charge in [-0.2, -0.15) is 0 Å². The fraction of sp³-hybridized carbons (Fsp3) is 0.0588. The summed E-state index contributed by atoms with van der Waals surface area (Å²) in [6, 6.07) is 11.2. The van der Waals surface area contributed by atoms with Gasteiger partial charge in [-0.05, 0) is 29.8 Å². The zero-order chi connectivity index (χ0) is 16.1. The summed E-state index contributed by atoms with van der Waals surface area (Å²) in [5, 5.41) is 4.02. The zero-order valence-corrected chi connectivity index (χ0v) is 13.6.